The van der Waals surface area contributed by atoms with Crippen LogP contribution in [0.4, 0.5) is 5.13 Å². The Labute approximate surface area is 300 Å². The van der Waals surface area contributed by atoms with Crippen LogP contribution in [0, 0.1) is 0 Å². The monoisotopic (exact) mass is 737 g/mol. The first-order valence-corrected chi connectivity index (χ1v) is 17.9. The topological polar surface area (TPSA) is 225 Å². The molecule has 3 aromatic rings. The summed E-state index contributed by atoms with van der Waals surface area (Å²) < 4.78 is 0.647. The smallest absolute Gasteiger partial charge is 0.352 e. The van der Waals surface area contributed by atoms with Gasteiger partial charge in [-0.05, 0) is 50.0 Å². The number of thioether (sulfide) groups is 1. The fraction of sp³-hybridized carbons (Fsp3) is 0.353. The molecule has 0 radical (unpaired) electrons. The van der Waals surface area contributed by atoms with Crippen LogP contribution in [0.25, 0.3) is 0 Å². The minimum absolute atomic E-state index is 0.0244. The molecule has 1 unspecified atom stereocenters. The zero-order valence-corrected chi connectivity index (χ0v) is 29.6. The lowest BCUT2D eigenvalue weighted by molar-refractivity contribution is -0.941. The maximum Gasteiger partial charge on any atom is 0.352 e. The highest BCUT2D eigenvalue weighted by Crippen LogP contribution is 2.42. The summed E-state index contributed by atoms with van der Waals surface area (Å²) in [5.74, 6) is -3.87. The first-order chi connectivity index (χ1) is 24.1. The van der Waals surface area contributed by atoms with E-state index in [1.807, 2.05) is 30.3 Å². The van der Waals surface area contributed by atoms with Gasteiger partial charge in [0.2, 0.25) is 5.60 Å². The van der Waals surface area contributed by atoms with Gasteiger partial charge in [-0.1, -0.05) is 29.4 Å². The normalized spacial score (nSPS) is 21.5. The van der Waals surface area contributed by atoms with Crippen LogP contribution in [0.1, 0.15) is 48.2 Å². The Morgan fingerprint density at radius 3 is 2.45 bits per heavy atom. The molecule has 6 rings (SSSR count). The highest BCUT2D eigenvalue weighted by Gasteiger charge is 2.54. The number of oxime groups is 1. The molecule has 1 aromatic heterocycles. The lowest BCUT2D eigenvalue weighted by atomic mass is 9.98. The van der Waals surface area contributed by atoms with Gasteiger partial charge in [0.15, 0.2) is 22.3 Å². The second-order valence-electron chi connectivity index (χ2n) is 13.5. The number of quaternary nitrogens is 1. The molecule has 4 heterocycles. The number of thiazole rings is 1. The number of carboxylic acid groups (broad SMARTS) is 2. The molecule has 0 aliphatic carbocycles. The van der Waals surface area contributed by atoms with Crippen molar-refractivity contribution in [2.24, 2.45) is 5.16 Å². The number of hydrogen-bond donors (Lipinski definition) is 6. The van der Waals surface area contributed by atoms with E-state index in [0.717, 1.165) is 46.7 Å². The lowest BCUT2D eigenvalue weighted by Crippen LogP contribution is -2.71. The Hall–Kier alpha value is -5.13. The van der Waals surface area contributed by atoms with Crippen molar-refractivity contribution in [2.45, 2.75) is 63.3 Å². The summed E-state index contributed by atoms with van der Waals surface area (Å²) in [6.45, 7) is 4.54. The molecular weight excluding hydrogens is 701 g/mol. The van der Waals surface area contributed by atoms with Crippen LogP contribution in [0.2, 0.25) is 0 Å². The first-order valence-electron chi connectivity index (χ1n) is 15.9. The van der Waals surface area contributed by atoms with Crippen molar-refractivity contribution in [3.05, 3.63) is 81.0 Å². The Kier molecular flexibility index (Phi) is 9.47. The van der Waals surface area contributed by atoms with Crippen LogP contribution in [-0.2, 0) is 50.1 Å². The highest BCUT2D eigenvalue weighted by atomic mass is 32.2. The lowest BCUT2D eigenvalue weighted by Gasteiger charge is -2.49. The molecule has 3 aliphatic heterocycles. The zero-order valence-electron chi connectivity index (χ0n) is 28.0. The van der Waals surface area contributed by atoms with E-state index in [9.17, 15) is 39.6 Å². The van der Waals surface area contributed by atoms with Crippen molar-refractivity contribution in [3.8, 4) is 11.5 Å². The van der Waals surface area contributed by atoms with Crippen molar-refractivity contribution in [2.75, 3.05) is 18.5 Å². The average molecular weight is 738 g/mol. The number of anilines is 1. The largest absolute Gasteiger partial charge is 0.504 e. The Morgan fingerprint density at radius 1 is 1.10 bits per heavy atom. The summed E-state index contributed by atoms with van der Waals surface area (Å²) in [4.78, 5) is 61.0. The summed E-state index contributed by atoms with van der Waals surface area (Å²) in [6, 6.07) is 10.4. The van der Waals surface area contributed by atoms with E-state index in [0.29, 0.717) is 35.2 Å². The molecular formula is C34H37N6O9S2+. The number of hydrogen-bond acceptors (Lipinski definition) is 12. The number of phenolic OH excluding ortho intramolecular Hbond substituents is 2. The van der Waals surface area contributed by atoms with Crippen molar-refractivity contribution in [1.29, 1.82) is 0 Å². The van der Waals surface area contributed by atoms with E-state index in [1.165, 1.54) is 42.0 Å². The van der Waals surface area contributed by atoms with Crippen molar-refractivity contribution in [1.82, 2.24) is 15.2 Å². The standard InChI is InChI=1S/C34H36N6O9S2/c1-34(2,32(47)48)49-38-24(22-16-51-33(35)36-22)28(43)37-25-29(44)39-26(31(45)46)20(15-50-30(25)39)9-8-17-4-6-18(7-5-17)12-40(3)13-19-10-11-23(41)27(42)21(19)14-40/h4-7,10-11,16,25,30H,8-9,12-15H2,1-3H3,(H6-,35,36,37,38,41,42,43,45,46,47,48)/p+1/t25-,30-,40?/m1/s1. The molecule has 0 bridgehead atoms. The van der Waals surface area contributed by atoms with Gasteiger partial charge in [0.1, 0.15) is 42.4 Å². The number of aromatic hydroxyl groups is 2. The Bertz CT molecular complexity index is 1990. The molecule has 0 saturated carbocycles. The van der Waals surface area contributed by atoms with Gasteiger partial charge in [0.25, 0.3) is 11.8 Å². The van der Waals surface area contributed by atoms with Gasteiger partial charge in [-0.25, -0.2) is 14.6 Å². The van der Waals surface area contributed by atoms with Crippen LogP contribution >= 0.6 is 23.1 Å². The van der Waals surface area contributed by atoms with Gasteiger partial charge in [-0.15, -0.1) is 23.1 Å². The first kappa shape index (κ1) is 35.7. The summed E-state index contributed by atoms with van der Waals surface area (Å²) in [6.07, 6.45) is 0.958. The fourth-order valence-corrected chi connectivity index (χ4v) is 8.32. The van der Waals surface area contributed by atoms with E-state index in [2.05, 4.69) is 22.5 Å². The van der Waals surface area contributed by atoms with Crippen molar-refractivity contribution in [3.63, 3.8) is 0 Å². The number of amides is 2. The number of aromatic nitrogens is 1. The van der Waals surface area contributed by atoms with E-state index in [1.54, 1.807) is 0 Å². The van der Waals surface area contributed by atoms with Crippen LogP contribution in [0.5, 0.6) is 11.5 Å². The molecule has 7 N–H and O–H groups in total. The maximum atomic E-state index is 13.3. The molecule has 0 spiro atoms. The van der Waals surface area contributed by atoms with Crippen LogP contribution in [0.3, 0.4) is 0 Å². The van der Waals surface area contributed by atoms with Gasteiger partial charge >= 0.3 is 11.9 Å². The van der Waals surface area contributed by atoms with Crippen LogP contribution in [0.15, 0.2) is 58.2 Å². The second kappa shape index (κ2) is 13.5. The molecule has 15 nitrogen and oxygen atoms in total. The zero-order chi connectivity index (χ0) is 36.8. The number of carbonyl (C=O) groups is 4. The second-order valence-corrected chi connectivity index (χ2v) is 15.5. The number of nitrogen functional groups attached to an aromatic ring is 1. The van der Waals surface area contributed by atoms with Crippen LogP contribution < -0.4 is 11.1 Å². The van der Waals surface area contributed by atoms with Crippen molar-refractivity contribution >= 4 is 57.7 Å². The number of fused-ring (bicyclic) bond motifs is 2. The van der Waals surface area contributed by atoms with Gasteiger partial charge in [0, 0.05) is 22.3 Å². The van der Waals surface area contributed by atoms with Gasteiger partial charge < -0.3 is 40.8 Å². The Balaban J connectivity index is 1.10. The van der Waals surface area contributed by atoms with Gasteiger partial charge in [0.05, 0.1) is 12.6 Å². The summed E-state index contributed by atoms with van der Waals surface area (Å²) >= 11 is 2.36. The molecule has 2 aromatic carbocycles. The molecule has 17 heteroatoms. The van der Waals surface area contributed by atoms with E-state index in [4.69, 9.17) is 10.6 Å². The van der Waals surface area contributed by atoms with E-state index in [-0.39, 0.29) is 33.7 Å². The number of carboxylic acids is 2. The number of phenols is 2. The number of nitrogens with one attached hydrogen (secondary N) is 1. The molecule has 1 fully saturated rings. The number of benzene rings is 2. The molecule has 2 amide bonds. The molecule has 3 atom stereocenters. The summed E-state index contributed by atoms with van der Waals surface area (Å²) in [5, 5.41) is 47.0. The average Bonchev–Trinajstić information content (AvgIpc) is 3.66. The fourth-order valence-electron chi connectivity index (χ4n) is 6.38. The predicted molar refractivity (Wildman–Crippen MR) is 187 cm³/mol. The third kappa shape index (κ3) is 7.09. The third-order valence-electron chi connectivity index (χ3n) is 9.15. The third-order valence-corrected chi connectivity index (χ3v) is 11.2. The van der Waals surface area contributed by atoms with E-state index >= 15 is 0 Å². The quantitative estimate of drug-likeness (QED) is 0.0519. The SMILES string of the molecule is CC(C)(O/N=C(\C(=O)N[C@@H]1C(=O)N2C(C(=O)O)=C(CCc3ccc(C[N+]4(C)Cc5ccc(O)c(O)c5C4)cc3)CS[C@H]12)c1csc(N)n1)C(=O)O. The van der Waals surface area contributed by atoms with Crippen LogP contribution in [-0.4, -0.2) is 94.1 Å². The summed E-state index contributed by atoms with van der Waals surface area (Å²) in [5.41, 5.74) is 7.98. The van der Waals surface area contributed by atoms with Crippen molar-refractivity contribution < 1.29 is 48.9 Å². The predicted octanol–water partition coefficient (Wildman–Crippen LogP) is 2.75. The summed E-state index contributed by atoms with van der Waals surface area (Å²) in [7, 11) is 2.10. The molecule has 3 aliphatic rings. The number of rotatable bonds is 12. The van der Waals surface area contributed by atoms with E-state index < -0.39 is 40.8 Å². The minimum atomic E-state index is -1.77. The molecule has 51 heavy (non-hydrogen) atoms. The van der Waals surface area contributed by atoms with Gasteiger partial charge in [-0.3, -0.25) is 14.5 Å². The Morgan fingerprint density at radius 2 is 1.80 bits per heavy atom. The number of aryl methyl sites for hydroxylation is 1. The van der Waals surface area contributed by atoms with Gasteiger partial charge in [-0.2, -0.15) is 0 Å². The highest BCUT2D eigenvalue weighted by molar-refractivity contribution is 8.00. The number of nitrogens with zero attached hydrogens (tertiary/aromatic N) is 4. The number of aliphatic carboxylic acids is 2. The minimum Gasteiger partial charge on any atom is -0.504 e. The number of β-lactam (4-membered cyclic amide) rings is 1. The molecule has 268 valence electrons. The molecule has 1 saturated heterocycles. The number of carbonyl (C=O) groups excluding carboxylic acids is 2. The maximum absolute atomic E-state index is 13.3. The number of nitrogens with two attached hydrogens (primary N) is 1.